The third kappa shape index (κ3) is 3.53. The molecule has 15 heavy (non-hydrogen) atoms. The number of hydrogen-bond acceptors (Lipinski definition) is 3. The maximum atomic E-state index is 5.53. The molecule has 0 bridgehead atoms. The summed E-state index contributed by atoms with van der Waals surface area (Å²) in [5.74, 6) is 1.61. The van der Waals surface area contributed by atoms with Crippen molar-refractivity contribution in [3.63, 3.8) is 0 Å². The van der Waals surface area contributed by atoms with E-state index in [2.05, 4.69) is 0 Å². The first kappa shape index (κ1) is 10.5. The summed E-state index contributed by atoms with van der Waals surface area (Å²) in [7, 11) is 0. The molecule has 3 nitrogen and oxygen atoms in total. The molecule has 0 atom stereocenters. The van der Waals surface area contributed by atoms with Gasteiger partial charge >= 0.3 is 0 Å². The molecule has 0 aliphatic heterocycles. The molecule has 0 amide bonds. The van der Waals surface area contributed by atoms with Crippen molar-refractivity contribution in [1.82, 2.24) is 0 Å². The van der Waals surface area contributed by atoms with Gasteiger partial charge in [0, 0.05) is 6.54 Å². The number of nitrogens with two attached hydrogens (primary N) is 1. The van der Waals surface area contributed by atoms with Crippen LogP contribution in [0.15, 0.2) is 24.3 Å². The van der Waals surface area contributed by atoms with Crippen LogP contribution in [0.25, 0.3) is 0 Å². The third-order valence-corrected chi connectivity index (χ3v) is 2.49. The van der Waals surface area contributed by atoms with Gasteiger partial charge in [-0.25, -0.2) is 0 Å². The fraction of sp³-hybridized carbons (Fsp3) is 0.500. The molecule has 0 radical (unpaired) electrons. The lowest BCUT2D eigenvalue weighted by molar-refractivity contribution is 0.00995. The average molecular weight is 207 g/mol. The summed E-state index contributed by atoms with van der Waals surface area (Å²) in [6, 6.07) is 7.79. The molecule has 1 aliphatic rings. The fourth-order valence-electron chi connectivity index (χ4n) is 1.37. The molecule has 0 spiro atoms. The van der Waals surface area contributed by atoms with Crippen LogP contribution in [-0.4, -0.2) is 13.4 Å². The lowest BCUT2D eigenvalue weighted by Gasteiger charge is -2.07. The minimum absolute atomic E-state index is 0.338. The summed E-state index contributed by atoms with van der Waals surface area (Å²) in [5, 5.41) is 0. The second-order valence-corrected chi connectivity index (χ2v) is 3.93. The Kier molecular flexibility index (Phi) is 3.59. The summed E-state index contributed by atoms with van der Waals surface area (Å²) in [6.45, 7) is 1.71. The molecule has 0 aromatic heterocycles. The summed E-state index contributed by atoms with van der Waals surface area (Å²) in [4.78, 5) is 0. The Morgan fingerprint density at radius 1 is 1.33 bits per heavy atom. The number of hydrogen-bond donors (Lipinski definition) is 1. The Bertz CT molecular complexity index is 310. The Hall–Kier alpha value is -1.06. The van der Waals surface area contributed by atoms with E-state index in [4.69, 9.17) is 15.2 Å². The third-order valence-electron chi connectivity index (χ3n) is 2.49. The first-order chi connectivity index (χ1) is 7.38. The van der Waals surface area contributed by atoms with Crippen molar-refractivity contribution in [2.24, 2.45) is 11.7 Å². The van der Waals surface area contributed by atoms with E-state index in [0.717, 1.165) is 23.8 Å². The topological polar surface area (TPSA) is 44.5 Å². The van der Waals surface area contributed by atoms with Gasteiger partial charge in [0.25, 0.3) is 0 Å². The molecule has 0 heterocycles. The molecule has 1 aliphatic carbocycles. The van der Waals surface area contributed by atoms with Gasteiger partial charge in [-0.2, -0.15) is 0 Å². The molecule has 2 N–H and O–H groups in total. The second kappa shape index (κ2) is 5.14. The highest BCUT2D eigenvalue weighted by atomic mass is 16.7. The van der Waals surface area contributed by atoms with E-state index < -0.39 is 0 Å². The predicted molar refractivity (Wildman–Crippen MR) is 58.5 cm³/mol. The van der Waals surface area contributed by atoms with Gasteiger partial charge in [-0.05, 0) is 36.5 Å². The zero-order chi connectivity index (χ0) is 10.5. The van der Waals surface area contributed by atoms with Crippen molar-refractivity contribution in [3.8, 4) is 5.75 Å². The molecule has 3 heteroatoms. The van der Waals surface area contributed by atoms with Crippen molar-refractivity contribution in [3.05, 3.63) is 29.8 Å². The van der Waals surface area contributed by atoms with Gasteiger partial charge in [0.15, 0.2) is 6.79 Å². The van der Waals surface area contributed by atoms with Crippen LogP contribution in [0, 0.1) is 5.92 Å². The maximum Gasteiger partial charge on any atom is 0.189 e. The van der Waals surface area contributed by atoms with Crippen molar-refractivity contribution in [2.75, 3.05) is 13.4 Å². The van der Waals surface area contributed by atoms with E-state index in [1.54, 1.807) is 0 Å². The largest absolute Gasteiger partial charge is 0.468 e. The molecule has 2 rings (SSSR count). The number of ether oxygens (including phenoxy) is 2. The highest BCUT2D eigenvalue weighted by molar-refractivity contribution is 5.28. The van der Waals surface area contributed by atoms with Crippen LogP contribution >= 0.6 is 0 Å². The molecular formula is C12H17NO2. The Labute approximate surface area is 90.2 Å². The Morgan fingerprint density at radius 2 is 2.20 bits per heavy atom. The number of rotatable bonds is 6. The zero-order valence-electron chi connectivity index (χ0n) is 8.82. The quantitative estimate of drug-likeness (QED) is 0.572. The van der Waals surface area contributed by atoms with Gasteiger partial charge in [-0.1, -0.05) is 12.1 Å². The van der Waals surface area contributed by atoms with Crippen LogP contribution < -0.4 is 10.5 Å². The summed E-state index contributed by atoms with van der Waals surface area (Å²) in [5.41, 5.74) is 6.61. The average Bonchev–Trinajstić information content (AvgIpc) is 3.09. The lowest BCUT2D eigenvalue weighted by Crippen LogP contribution is -2.05. The molecule has 1 saturated carbocycles. The van der Waals surface area contributed by atoms with Gasteiger partial charge < -0.3 is 15.2 Å². The van der Waals surface area contributed by atoms with Gasteiger partial charge in [0.1, 0.15) is 5.75 Å². The van der Waals surface area contributed by atoms with E-state index in [1.807, 2.05) is 24.3 Å². The van der Waals surface area contributed by atoms with E-state index in [-0.39, 0.29) is 0 Å². The van der Waals surface area contributed by atoms with Crippen LogP contribution in [0.3, 0.4) is 0 Å². The van der Waals surface area contributed by atoms with Crippen molar-refractivity contribution < 1.29 is 9.47 Å². The normalized spacial score (nSPS) is 15.3. The standard InChI is InChI=1S/C12H17NO2/c13-7-11-2-1-3-12(6-11)15-9-14-8-10-4-5-10/h1-3,6,10H,4-5,7-9,13H2. The second-order valence-electron chi connectivity index (χ2n) is 3.93. The van der Waals surface area contributed by atoms with Crippen LogP contribution in [0.2, 0.25) is 0 Å². The van der Waals surface area contributed by atoms with Gasteiger partial charge in [-0.3, -0.25) is 0 Å². The van der Waals surface area contributed by atoms with Crippen molar-refractivity contribution in [1.29, 1.82) is 0 Å². The van der Waals surface area contributed by atoms with Crippen LogP contribution in [-0.2, 0) is 11.3 Å². The first-order valence-corrected chi connectivity index (χ1v) is 5.38. The van der Waals surface area contributed by atoms with Crippen LogP contribution in [0.5, 0.6) is 5.75 Å². The van der Waals surface area contributed by atoms with Gasteiger partial charge in [-0.15, -0.1) is 0 Å². The smallest absolute Gasteiger partial charge is 0.189 e. The molecule has 1 aromatic rings. The number of benzene rings is 1. The Balaban J connectivity index is 1.71. The fourth-order valence-corrected chi connectivity index (χ4v) is 1.37. The predicted octanol–water partition coefficient (Wildman–Crippen LogP) is 1.91. The maximum absolute atomic E-state index is 5.53. The summed E-state index contributed by atoms with van der Waals surface area (Å²) < 4.78 is 10.8. The molecule has 0 saturated heterocycles. The van der Waals surface area contributed by atoms with Gasteiger partial charge in [0.05, 0.1) is 6.61 Å². The van der Waals surface area contributed by atoms with Crippen molar-refractivity contribution in [2.45, 2.75) is 19.4 Å². The van der Waals surface area contributed by atoms with Gasteiger partial charge in [0.2, 0.25) is 0 Å². The molecule has 1 aromatic carbocycles. The van der Waals surface area contributed by atoms with E-state index >= 15 is 0 Å². The molecular weight excluding hydrogens is 190 g/mol. The Morgan fingerprint density at radius 3 is 2.93 bits per heavy atom. The first-order valence-electron chi connectivity index (χ1n) is 5.38. The van der Waals surface area contributed by atoms with E-state index in [0.29, 0.717) is 13.3 Å². The molecule has 1 fully saturated rings. The highest BCUT2D eigenvalue weighted by Crippen LogP contribution is 2.28. The monoisotopic (exact) mass is 207 g/mol. The minimum Gasteiger partial charge on any atom is -0.468 e. The van der Waals surface area contributed by atoms with Crippen LogP contribution in [0.1, 0.15) is 18.4 Å². The SMILES string of the molecule is NCc1cccc(OCOCC2CC2)c1. The molecule has 0 unspecified atom stereocenters. The highest BCUT2D eigenvalue weighted by Gasteiger charge is 2.20. The summed E-state index contributed by atoms with van der Waals surface area (Å²) >= 11 is 0. The van der Waals surface area contributed by atoms with E-state index in [9.17, 15) is 0 Å². The lowest BCUT2D eigenvalue weighted by atomic mass is 10.2. The van der Waals surface area contributed by atoms with E-state index in [1.165, 1.54) is 12.8 Å². The minimum atomic E-state index is 0.338. The van der Waals surface area contributed by atoms with Crippen LogP contribution in [0.4, 0.5) is 0 Å². The molecule has 82 valence electrons. The zero-order valence-corrected chi connectivity index (χ0v) is 8.82. The van der Waals surface area contributed by atoms with Crippen molar-refractivity contribution >= 4 is 0 Å². The summed E-state index contributed by atoms with van der Waals surface area (Å²) in [6.07, 6.45) is 2.62.